The molecular formula is C20H23ClN6O2S. The van der Waals surface area contributed by atoms with Gasteiger partial charge in [0.05, 0.1) is 21.9 Å². The minimum atomic E-state index is -0.411. The summed E-state index contributed by atoms with van der Waals surface area (Å²) in [4.78, 5) is 29.0. The Bertz CT molecular complexity index is 1080. The number of urea groups is 1. The summed E-state index contributed by atoms with van der Waals surface area (Å²) >= 11 is 7.63. The predicted molar refractivity (Wildman–Crippen MR) is 120 cm³/mol. The second-order valence-corrected chi connectivity index (χ2v) is 9.10. The molecule has 2 amide bonds. The molecule has 0 bridgehead atoms. The van der Waals surface area contributed by atoms with Gasteiger partial charge >= 0.3 is 6.03 Å². The number of nitrogens with one attached hydrogen (secondary N) is 2. The van der Waals surface area contributed by atoms with E-state index >= 15 is 0 Å². The van der Waals surface area contributed by atoms with Crippen LogP contribution in [0.3, 0.4) is 0 Å². The number of carbonyl (C=O) groups excluding carboxylic acids is 1. The first-order valence-electron chi connectivity index (χ1n) is 9.68. The fourth-order valence-corrected chi connectivity index (χ4v) is 4.05. The van der Waals surface area contributed by atoms with Crippen molar-refractivity contribution in [3.8, 4) is 5.88 Å². The lowest BCUT2D eigenvalue weighted by atomic mass is 10.1. The van der Waals surface area contributed by atoms with Crippen molar-refractivity contribution >= 4 is 50.7 Å². The molecule has 158 valence electrons. The third kappa shape index (κ3) is 4.80. The molecule has 0 saturated heterocycles. The quantitative estimate of drug-likeness (QED) is 0.554. The summed E-state index contributed by atoms with van der Waals surface area (Å²) in [6.07, 6.45) is 5.38. The number of halogens is 1. The molecular weight excluding hydrogens is 424 g/mol. The van der Waals surface area contributed by atoms with Crippen molar-refractivity contribution in [3.63, 3.8) is 0 Å². The lowest BCUT2D eigenvalue weighted by Gasteiger charge is -2.15. The number of fused-ring (bicyclic) bond motifs is 1. The number of aromatic nitrogens is 3. The van der Waals surface area contributed by atoms with Crippen molar-refractivity contribution < 1.29 is 9.53 Å². The molecule has 1 fully saturated rings. The van der Waals surface area contributed by atoms with E-state index in [-0.39, 0.29) is 0 Å². The average molecular weight is 447 g/mol. The van der Waals surface area contributed by atoms with Gasteiger partial charge in [-0.05, 0) is 45.8 Å². The van der Waals surface area contributed by atoms with Gasteiger partial charge in [-0.1, -0.05) is 22.9 Å². The van der Waals surface area contributed by atoms with Crippen molar-refractivity contribution in [2.24, 2.45) is 0 Å². The monoisotopic (exact) mass is 446 g/mol. The maximum atomic E-state index is 12.8. The number of rotatable bonds is 7. The minimum absolute atomic E-state index is 0.322. The Kier molecular flexibility index (Phi) is 6.03. The van der Waals surface area contributed by atoms with E-state index in [1.54, 1.807) is 23.6 Å². The van der Waals surface area contributed by atoms with Crippen molar-refractivity contribution in [1.29, 1.82) is 0 Å². The molecule has 0 atom stereocenters. The third-order valence-electron chi connectivity index (χ3n) is 4.65. The number of thiazole rings is 1. The normalized spacial score (nSPS) is 13.6. The number of hydrogen-bond acceptors (Lipinski definition) is 7. The van der Waals surface area contributed by atoms with Crippen LogP contribution in [0.15, 0.2) is 18.5 Å². The zero-order chi connectivity index (χ0) is 21.3. The van der Waals surface area contributed by atoms with E-state index in [1.807, 2.05) is 25.9 Å². The number of nitrogens with zero attached hydrogens (tertiary/aromatic N) is 4. The van der Waals surface area contributed by atoms with Crippen LogP contribution in [-0.4, -0.2) is 53.1 Å². The molecule has 0 radical (unpaired) electrons. The molecule has 0 spiro atoms. The van der Waals surface area contributed by atoms with E-state index < -0.39 is 6.03 Å². The molecule has 4 rings (SSSR count). The highest BCUT2D eigenvalue weighted by Crippen LogP contribution is 2.46. The van der Waals surface area contributed by atoms with Crippen LogP contribution >= 0.6 is 22.9 Å². The second kappa shape index (κ2) is 8.71. The predicted octanol–water partition coefficient (Wildman–Crippen LogP) is 4.51. The Morgan fingerprint density at radius 2 is 2.03 bits per heavy atom. The van der Waals surface area contributed by atoms with Gasteiger partial charge in [-0.2, -0.15) is 0 Å². The number of anilines is 2. The van der Waals surface area contributed by atoms with Crippen LogP contribution in [0.25, 0.3) is 10.3 Å². The van der Waals surface area contributed by atoms with E-state index in [9.17, 15) is 4.79 Å². The van der Waals surface area contributed by atoms with E-state index in [2.05, 4.69) is 25.6 Å². The fourth-order valence-electron chi connectivity index (χ4n) is 3.12. The third-order valence-corrected chi connectivity index (χ3v) is 5.73. The average Bonchev–Trinajstić information content (AvgIpc) is 3.43. The van der Waals surface area contributed by atoms with Crippen molar-refractivity contribution in [1.82, 2.24) is 19.9 Å². The van der Waals surface area contributed by atoms with E-state index in [0.29, 0.717) is 34.8 Å². The van der Waals surface area contributed by atoms with Crippen LogP contribution < -0.4 is 15.4 Å². The number of aryl methyl sites for hydroxylation is 1. The summed E-state index contributed by atoms with van der Waals surface area (Å²) in [6, 6.07) is 1.21. The second-order valence-electron chi connectivity index (χ2n) is 7.48. The van der Waals surface area contributed by atoms with Crippen molar-refractivity contribution in [2.75, 3.05) is 37.9 Å². The summed E-state index contributed by atoms with van der Waals surface area (Å²) in [7, 11) is 3.91. The Morgan fingerprint density at radius 3 is 2.77 bits per heavy atom. The smallest absolute Gasteiger partial charge is 0.323 e. The van der Waals surface area contributed by atoms with E-state index in [0.717, 1.165) is 40.3 Å². The first kappa shape index (κ1) is 20.8. The molecule has 30 heavy (non-hydrogen) atoms. The molecule has 0 unspecified atom stereocenters. The number of ether oxygens (including phenoxy) is 1. The van der Waals surface area contributed by atoms with Gasteiger partial charge in [0.1, 0.15) is 22.6 Å². The van der Waals surface area contributed by atoms with Gasteiger partial charge in [0.2, 0.25) is 5.88 Å². The van der Waals surface area contributed by atoms with Gasteiger partial charge in [0.15, 0.2) is 0 Å². The van der Waals surface area contributed by atoms with Gasteiger partial charge < -0.3 is 20.3 Å². The summed E-state index contributed by atoms with van der Waals surface area (Å²) in [5, 5.41) is 7.09. The summed E-state index contributed by atoms with van der Waals surface area (Å²) in [5.74, 6) is 0.729. The van der Waals surface area contributed by atoms with E-state index in [1.165, 1.54) is 6.20 Å². The lowest BCUT2D eigenvalue weighted by Crippen LogP contribution is -2.22. The lowest BCUT2D eigenvalue weighted by molar-refractivity contribution is 0.253. The van der Waals surface area contributed by atoms with Crippen LogP contribution in [0.2, 0.25) is 5.02 Å². The molecule has 3 aromatic heterocycles. The standard InChI is InChI=1S/C20H23ClN6O2S/c1-11-24-17-16(12-4-5-12)15(10-23-19(17)30-11)26-20(28)25-14-8-13(21)9-22-18(14)29-7-6-27(2)3/h8-10,12H,4-7H2,1-3H3,(H2,25,26,28). The zero-order valence-corrected chi connectivity index (χ0v) is 18.6. The van der Waals surface area contributed by atoms with Crippen LogP contribution in [0, 0.1) is 6.92 Å². The highest BCUT2D eigenvalue weighted by molar-refractivity contribution is 7.18. The van der Waals surface area contributed by atoms with Crippen LogP contribution in [-0.2, 0) is 0 Å². The Balaban J connectivity index is 1.53. The molecule has 1 aliphatic carbocycles. The largest absolute Gasteiger partial charge is 0.475 e. The molecule has 3 aromatic rings. The van der Waals surface area contributed by atoms with Gasteiger partial charge in [-0.15, -0.1) is 0 Å². The van der Waals surface area contributed by atoms with Gasteiger partial charge in [0.25, 0.3) is 0 Å². The maximum Gasteiger partial charge on any atom is 0.323 e. The Hall–Kier alpha value is -2.49. The van der Waals surface area contributed by atoms with Crippen LogP contribution in [0.1, 0.15) is 29.3 Å². The number of carbonyl (C=O) groups is 1. The highest BCUT2D eigenvalue weighted by atomic mass is 35.5. The van der Waals surface area contributed by atoms with Crippen LogP contribution in [0.5, 0.6) is 5.88 Å². The first-order valence-corrected chi connectivity index (χ1v) is 10.9. The number of amides is 2. The molecule has 3 heterocycles. The SMILES string of the molecule is Cc1nc2c(C3CC3)c(NC(=O)Nc3cc(Cl)cnc3OCCN(C)C)cnc2s1. The van der Waals surface area contributed by atoms with Crippen molar-refractivity contribution in [3.05, 3.63) is 34.1 Å². The summed E-state index contributed by atoms with van der Waals surface area (Å²) in [6.45, 7) is 3.12. The fraction of sp³-hybridized carbons (Fsp3) is 0.400. The molecule has 0 aliphatic heterocycles. The Morgan fingerprint density at radius 1 is 1.27 bits per heavy atom. The summed E-state index contributed by atoms with van der Waals surface area (Å²) in [5.41, 5.74) is 3.03. The van der Waals surface area contributed by atoms with Gasteiger partial charge in [0, 0.05) is 18.3 Å². The van der Waals surface area contributed by atoms with Crippen molar-refractivity contribution in [2.45, 2.75) is 25.7 Å². The molecule has 1 saturated carbocycles. The number of hydrogen-bond donors (Lipinski definition) is 2. The topological polar surface area (TPSA) is 92.3 Å². The minimum Gasteiger partial charge on any atom is -0.475 e. The number of pyridine rings is 2. The molecule has 1 aliphatic rings. The number of likely N-dealkylation sites (N-methyl/N-ethyl adjacent to an activating group) is 1. The highest BCUT2D eigenvalue weighted by Gasteiger charge is 2.30. The molecule has 8 nitrogen and oxygen atoms in total. The molecule has 0 aromatic carbocycles. The molecule has 2 N–H and O–H groups in total. The Labute approximate surface area is 183 Å². The molecule has 10 heteroatoms. The maximum absolute atomic E-state index is 12.8. The summed E-state index contributed by atoms with van der Waals surface area (Å²) < 4.78 is 5.71. The first-order chi connectivity index (χ1) is 14.4. The van der Waals surface area contributed by atoms with Gasteiger partial charge in [-0.25, -0.2) is 19.7 Å². The zero-order valence-electron chi connectivity index (χ0n) is 17.0. The van der Waals surface area contributed by atoms with Crippen LogP contribution in [0.4, 0.5) is 16.2 Å². The van der Waals surface area contributed by atoms with Gasteiger partial charge in [-0.3, -0.25) is 0 Å². The van der Waals surface area contributed by atoms with E-state index in [4.69, 9.17) is 16.3 Å².